The van der Waals surface area contributed by atoms with Gasteiger partial charge >= 0.3 is 0 Å². The fourth-order valence-electron chi connectivity index (χ4n) is 2.99. The van der Waals surface area contributed by atoms with Crippen LogP contribution in [0.2, 0.25) is 0 Å². The fraction of sp³-hybridized carbons (Fsp3) is 0.625. The van der Waals surface area contributed by atoms with Crippen LogP contribution in [-0.4, -0.2) is 21.3 Å². The van der Waals surface area contributed by atoms with E-state index in [1.165, 1.54) is 11.1 Å². The molecule has 0 radical (unpaired) electrons. The van der Waals surface area contributed by atoms with E-state index in [0.717, 1.165) is 25.8 Å². The van der Waals surface area contributed by atoms with Crippen molar-refractivity contribution < 1.29 is 4.21 Å². The zero-order valence-corrected chi connectivity index (χ0v) is 13.0. The highest BCUT2D eigenvalue weighted by atomic mass is 32.2. The Hall–Kier alpha value is -0.670. The highest BCUT2D eigenvalue weighted by Gasteiger charge is 2.32. The van der Waals surface area contributed by atoms with Gasteiger partial charge in [-0.05, 0) is 36.9 Å². The summed E-state index contributed by atoms with van der Waals surface area (Å²) < 4.78 is 12.6. The van der Waals surface area contributed by atoms with Crippen LogP contribution in [0.5, 0.6) is 0 Å². The number of aryl methyl sites for hydroxylation is 1. The molecular weight excluding hydrogens is 254 g/mol. The monoisotopic (exact) mass is 279 g/mol. The molecule has 0 bridgehead atoms. The van der Waals surface area contributed by atoms with E-state index in [1.807, 2.05) is 0 Å². The molecule has 1 N–H and O–H groups in total. The van der Waals surface area contributed by atoms with Gasteiger partial charge in [-0.1, -0.05) is 45.0 Å². The van der Waals surface area contributed by atoms with Gasteiger partial charge < -0.3 is 5.32 Å². The predicted octanol–water partition coefficient (Wildman–Crippen LogP) is 3.20. The van der Waals surface area contributed by atoms with E-state index in [1.54, 1.807) is 0 Å². The van der Waals surface area contributed by atoms with Gasteiger partial charge in [0.25, 0.3) is 0 Å². The van der Waals surface area contributed by atoms with Gasteiger partial charge in [-0.3, -0.25) is 4.21 Å². The van der Waals surface area contributed by atoms with Crippen molar-refractivity contribution in [3.63, 3.8) is 0 Å². The van der Waals surface area contributed by atoms with Crippen molar-refractivity contribution >= 4 is 10.8 Å². The lowest BCUT2D eigenvalue weighted by Crippen LogP contribution is -2.36. The normalized spacial score (nSPS) is 24.8. The molecule has 0 amide bonds. The summed E-state index contributed by atoms with van der Waals surface area (Å²) in [6.07, 6.45) is 3.31. The summed E-state index contributed by atoms with van der Waals surface area (Å²) in [5, 5.41) is 4.05. The molecule has 106 valence electrons. The van der Waals surface area contributed by atoms with Crippen LogP contribution in [0.1, 0.15) is 50.8 Å². The van der Waals surface area contributed by atoms with Gasteiger partial charge in [-0.25, -0.2) is 0 Å². The first-order valence-corrected chi connectivity index (χ1v) is 8.63. The van der Waals surface area contributed by atoms with Crippen LogP contribution in [0.25, 0.3) is 0 Å². The van der Waals surface area contributed by atoms with Gasteiger partial charge in [0, 0.05) is 22.1 Å². The van der Waals surface area contributed by atoms with Crippen LogP contribution in [0.15, 0.2) is 24.3 Å². The molecule has 2 nitrogen and oxygen atoms in total. The lowest BCUT2D eigenvalue weighted by atomic mass is 9.99. The van der Waals surface area contributed by atoms with E-state index in [0.29, 0.717) is 0 Å². The molecule has 1 aromatic carbocycles. The van der Waals surface area contributed by atoms with Crippen LogP contribution >= 0.6 is 0 Å². The molecule has 3 heteroatoms. The maximum absolute atomic E-state index is 12.6. The average Bonchev–Trinajstić information content (AvgIpc) is 2.58. The van der Waals surface area contributed by atoms with Gasteiger partial charge in [0.15, 0.2) is 0 Å². The first-order valence-electron chi connectivity index (χ1n) is 7.35. The van der Waals surface area contributed by atoms with E-state index in [4.69, 9.17) is 0 Å². The molecule has 0 aliphatic heterocycles. The molecular formula is C16H25NOS. The molecule has 2 rings (SSSR count). The molecule has 0 saturated heterocycles. The van der Waals surface area contributed by atoms with Crippen molar-refractivity contribution in [1.29, 1.82) is 0 Å². The van der Waals surface area contributed by atoms with Crippen molar-refractivity contribution in [2.24, 2.45) is 0 Å². The van der Waals surface area contributed by atoms with Crippen LogP contribution in [0.4, 0.5) is 0 Å². The first-order chi connectivity index (χ1) is 9.15. The summed E-state index contributed by atoms with van der Waals surface area (Å²) >= 11 is 0. The van der Waals surface area contributed by atoms with Crippen molar-refractivity contribution in [2.45, 2.75) is 56.6 Å². The van der Waals surface area contributed by atoms with Gasteiger partial charge in [-0.15, -0.1) is 0 Å². The minimum atomic E-state index is -0.771. The third kappa shape index (κ3) is 3.26. The van der Waals surface area contributed by atoms with Crippen molar-refractivity contribution in [3.05, 3.63) is 35.4 Å². The summed E-state index contributed by atoms with van der Waals surface area (Å²) in [7, 11) is -0.771. The van der Waals surface area contributed by atoms with Crippen molar-refractivity contribution in [1.82, 2.24) is 5.32 Å². The second-order valence-electron chi connectivity index (χ2n) is 5.54. The molecule has 0 spiro atoms. The second kappa shape index (κ2) is 6.67. The van der Waals surface area contributed by atoms with Crippen LogP contribution in [0.3, 0.4) is 0 Å². The Balaban J connectivity index is 2.37. The number of hydrogen-bond donors (Lipinski definition) is 1. The highest BCUT2D eigenvalue weighted by Crippen LogP contribution is 2.32. The molecule has 1 aliphatic rings. The highest BCUT2D eigenvalue weighted by molar-refractivity contribution is 7.86. The summed E-state index contributed by atoms with van der Waals surface area (Å²) in [5.74, 6) is 0. The molecule has 1 aliphatic carbocycles. The molecule has 3 unspecified atom stereocenters. The minimum Gasteiger partial charge on any atom is -0.309 e. The molecule has 3 atom stereocenters. The lowest BCUT2D eigenvalue weighted by molar-refractivity contribution is 0.502. The Bertz CT molecular complexity index is 444. The van der Waals surface area contributed by atoms with E-state index >= 15 is 0 Å². The van der Waals surface area contributed by atoms with Crippen LogP contribution in [0, 0.1) is 0 Å². The van der Waals surface area contributed by atoms with E-state index in [9.17, 15) is 4.21 Å². The Kier molecular flexibility index (Phi) is 5.17. The number of rotatable bonds is 4. The summed E-state index contributed by atoms with van der Waals surface area (Å²) in [6, 6.07) is 8.89. The smallest absolute Gasteiger partial charge is 0.0545 e. The number of hydrogen-bond acceptors (Lipinski definition) is 2. The van der Waals surface area contributed by atoms with E-state index in [2.05, 4.69) is 50.4 Å². The summed E-state index contributed by atoms with van der Waals surface area (Å²) in [6.45, 7) is 7.18. The third-order valence-corrected chi connectivity index (χ3v) is 5.92. The van der Waals surface area contributed by atoms with Gasteiger partial charge in [-0.2, -0.15) is 0 Å². The zero-order chi connectivity index (χ0) is 13.8. The quantitative estimate of drug-likeness (QED) is 0.858. The minimum absolute atomic E-state index is 0.233. The SMILES string of the molecule is CCNC1c2ccccc2CCCC1S(=O)C(C)C. The maximum Gasteiger partial charge on any atom is 0.0545 e. The molecule has 0 fully saturated rings. The van der Waals surface area contributed by atoms with Crippen LogP contribution in [-0.2, 0) is 17.2 Å². The number of fused-ring (bicyclic) bond motifs is 1. The lowest BCUT2D eigenvalue weighted by Gasteiger charge is -2.28. The standard InChI is InChI=1S/C16H25NOS/c1-4-17-16-14-10-6-5-8-13(14)9-7-11-15(16)19(18)12(2)3/h5-6,8,10,12,15-17H,4,7,9,11H2,1-3H3. The second-order valence-corrected chi connectivity index (χ2v) is 7.75. The van der Waals surface area contributed by atoms with E-state index < -0.39 is 10.8 Å². The Morgan fingerprint density at radius 1 is 1.37 bits per heavy atom. The average molecular weight is 279 g/mol. The van der Waals surface area contributed by atoms with Crippen LogP contribution < -0.4 is 5.32 Å². The molecule has 19 heavy (non-hydrogen) atoms. The van der Waals surface area contributed by atoms with Gasteiger partial charge in [0.1, 0.15) is 0 Å². The topological polar surface area (TPSA) is 29.1 Å². The van der Waals surface area contributed by atoms with Gasteiger partial charge in [0.05, 0.1) is 5.25 Å². The first kappa shape index (κ1) is 14.7. The zero-order valence-electron chi connectivity index (χ0n) is 12.2. The maximum atomic E-state index is 12.6. The number of nitrogens with one attached hydrogen (secondary N) is 1. The Morgan fingerprint density at radius 3 is 2.79 bits per heavy atom. The van der Waals surface area contributed by atoms with Gasteiger partial charge in [0.2, 0.25) is 0 Å². The Morgan fingerprint density at radius 2 is 2.11 bits per heavy atom. The van der Waals surface area contributed by atoms with Crippen molar-refractivity contribution in [2.75, 3.05) is 6.54 Å². The molecule has 0 aromatic heterocycles. The van der Waals surface area contributed by atoms with E-state index in [-0.39, 0.29) is 16.5 Å². The molecule has 0 saturated carbocycles. The third-order valence-electron chi connectivity index (χ3n) is 3.88. The molecule has 0 heterocycles. The largest absolute Gasteiger partial charge is 0.309 e. The summed E-state index contributed by atoms with van der Waals surface area (Å²) in [5.41, 5.74) is 2.79. The molecule has 1 aromatic rings. The predicted molar refractivity (Wildman–Crippen MR) is 82.9 cm³/mol. The van der Waals surface area contributed by atoms with Crippen molar-refractivity contribution in [3.8, 4) is 0 Å². The number of benzene rings is 1. The fourth-order valence-corrected chi connectivity index (χ4v) is 4.60. The summed E-state index contributed by atoms with van der Waals surface area (Å²) in [4.78, 5) is 0. The Labute approximate surface area is 119 Å².